The maximum atomic E-state index is 5.97. The molecule has 3 heterocycles. The lowest BCUT2D eigenvalue weighted by Gasteiger charge is -2.34. The number of nitrogens with zero attached hydrogens (tertiary/aromatic N) is 3. The predicted octanol–water partition coefficient (Wildman–Crippen LogP) is 1.79. The van der Waals surface area contributed by atoms with Crippen LogP contribution >= 0.6 is 22.9 Å². The van der Waals surface area contributed by atoms with Crippen LogP contribution in [0.5, 0.6) is 0 Å². The van der Waals surface area contributed by atoms with Gasteiger partial charge in [0.05, 0.1) is 0 Å². The van der Waals surface area contributed by atoms with Gasteiger partial charge in [0.1, 0.15) is 0 Å². The number of rotatable bonds is 3. The lowest BCUT2D eigenvalue weighted by Crippen LogP contribution is -2.45. The van der Waals surface area contributed by atoms with Gasteiger partial charge in [-0.05, 0) is 32.4 Å². The monoisotopic (exact) mass is 300 g/mol. The topological polar surface area (TPSA) is 45.4 Å². The van der Waals surface area contributed by atoms with Crippen LogP contribution in [0.25, 0.3) is 0 Å². The van der Waals surface area contributed by atoms with E-state index < -0.39 is 0 Å². The summed E-state index contributed by atoms with van der Waals surface area (Å²) in [6, 6.07) is 1.14. The predicted molar refractivity (Wildman–Crippen MR) is 79.6 cm³/mol. The van der Waals surface area contributed by atoms with Crippen molar-refractivity contribution in [2.24, 2.45) is 5.73 Å². The average molecular weight is 301 g/mol. The number of nitrogens with two attached hydrogens (primary N) is 1. The van der Waals surface area contributed by atoms with Crippen molar-refractivity contribution in [2.75, 3.05) is 26.2 Å². The zero-order valence-corrected chi connectivity index (χ0v) is 12.7. The Bertz CT molecular complexity index is 417. The summed E-state index contributed by atoms with van der Waals surface area (Å²) in [7, 11) is 0. The zero-order valence-electron chi connectivity index (χ0n) is 11.1. The molecule has 4 nitrogen and oxygen atoms in total. The van der Waals surface area contributed by atoms with Crippen molar-refractivity contribution in [1.29, 1.82) is 0 Å². The molecule has 2 N–H and O–H groups in total. The third kappa shape index (κ3) is 3.47. The van der Waals surface area contributed by atoms with Crippen molar-refractivity contribution in [3.63, 3.8) is 0 Å². The number of piperidine rings is 1. The molecular formula is C13H21ClN4S. The highest BCUT2D eigenvalue weighted by Crippen LogP contribution is 2.24. The Morgan fingerprint density at radius 1 is 1.32 bits per heavy atom. The molecule has 2 aliphatic rings. The van der Waals surface area contributed by atoms with Crippen LogP contribution in [0.1, 0.15) is 24.1 Å². The Morgan fingerprint density at radius 3 is 2.79 bits per heavy atom. The lowest BCUT2D eigenvalue weighted by atomic mass is 10.0. The molecule has 2 saturated heterocycles. The van der Waals surface area contributed by atoms with Gasteiger partial charge in [0, 0.05) is 42.8 Å². The van der Waals surface area contributed by atoms with Gasteiger partial charge in [-0.3, -0.25) is 9.80 Å². The molecule has 0 spiro atoms. The maximum absolute atomic E-state index is 5.97. The van der Waals surface area contributed by atoms with Gasteiger partial charge in [-0.15, -0.1) is 11.3 Å². The molecule has 0 aliphatic carbocycles. The fourth-order valence-corrected chi connectivity index (χ4v) is 4.14. The smallest absolute Gasteiger partial charge is 0.183 e. The molecule has 3 rings (SSSR count). The molecule has 0 radical (unpaired) electrons. The van der Waals surface area contributed by atoms with Gasteiger partial charge in [0.15, 0.2) is 4.47 Å². The fraction of sp³-hybridized carbons (Fsp3) is 0.769. The van der Waals surface area contributed by atoms with Crippen LogP contribution in [0.3, 0.4) is 0 Å². The molecule has 0 aromatic carbocycles. The summed E-state index contributed by atoms with van der Waals surface area (Å²) in [4.78, 5) is 10.5. The van der Waals surface area contributed by atoms with Crippen LogP contribution in [0.15, 0.2) is 6.20 Å². The third-order valence-electron chi connectivity index (χ3n) is 4.24. The van der Waals surface area contributed by atoms with Crippen LogP contribution in [0.4, 0.5) is 0 Å². The van der Waals surface area contributed by atoms with Gasteiger partial charge in [-0.2, -0.15) is 0 Å². The zero-order chi connectivity index (χ0) is 13.2. The number of hydrogen-bond acceptors (Lipinski definition) is 5. The highest BCUT2D eigenvalue weighted by Gasteiger charge is 2.29. The molecule has 0 bridgehead atoms. The highest BCUT2D eigenvalue weighted by atomic mass is 35.5. The second-order valence-electron chi connectivity index (χ2n) is 5.63. The van der Waals surface area contributed by atoms with E-state index in [2.05, 4.69) is 14.8 Å². The van der Waals surface area contributed by atoms with Gasteiger partial charge in [0.25, 0.3) is 0 Å². The van der Waals surface area contributed by atoms with Gasteiger partial charge in [-0.25, -0.2) is 4.98 Å². The maximum Gasteiger partial charge on any atom is 0.183 e. The standard InChI is InChI=1S/C13H21ClN4S/c14-13-16-7-12(19-13)9-17-4-3-11(8-17)18-5-1-10(15)2-6-18/h7,10-11H,1-6,8-9,15H2. The summed E-state index contributed by atoms with van der Waals surface area (Å²) in [5, 5.41) is 0. The first kappa shape index (κ1) is 13.8. The van der Waals surface area contributed by atoms with Crippen molar-refractivity contribution in [3.05, 3.63) is 15.5 Å². The van der Waals surface area contributed by atoms with E-state index in [1.54, 1.807) is 11.3 Å². The van der Waals surface area contributed by atoms with Crippen LogP contribution in [-0.2, 0) is 6.54 Å². The van der Waals surface area contributed by atoms with Crippen LogP contribution < -0.4 is 5.73 Å². The molecule has 1 atom stereocenters. The fourth-order valence-electron chi connectivity index (χ4n) is 3.12. The molecule has 106 valence electrons. The third-order valence-corrected chi connectivity index (χ3v) is 5.34. The lowest BCUT2D eigenvalue weighted by molar-refractivity contribution is 0.151. The summed E-state index contributed by atoms with van der Waals surface area (Å²) in [6.07, 6.45) is 5.49. The minimum Gasteiger partial charge on any atom is -0.328 e. The molecule has 6 heteroatoms. The first-order chi connectivity index (χ1) is 9.20. The molecule has 2 aliphatic heterocycles. The van der Waals surface area contributed by atoms with Crippen molar-refractivity contribution >= 4 is 22.9 Å². The summed E-state index contributed by atoms with van der Waals surface area (Å²) < 4.78 is 0.649. The second kappa shape index (κ2) is 6.06. The molecule has 2 fully saturated rings. The summed E-state index contributed by atoms with van der Waals surface area (Å²) in [6.45, 7) is 5.69. The molecule has 0 saturated carbocycles. The van der Waals surface area contributed by atoms with Crippen molar-refractivity contribution in [1.82, 2.24) is 14.8 Å². The van der Waals surface area contributed by atoms with E-state index in [4.69, 9.17) is 17.3 Å². The van der Waals surface area contributed by atoms with Gasteiger partial charge < -0.3 is 5.73 Å². The van der Waals surface area contributed by atoms with Crippen molar-refractivity contribution in [2.45, 2.75) is 37.9 Å². The quantitative estimate of drug-likeness (QED) is 0.924. The van der Waals surface area contributed by atoms with E-state index in [9.17, 15) is 0 Å². The Labute approximate surface area is 123 Å². The summed E-state index contributed by atoms with van der Waals surface area (Å²) >= 11 is 7.47. The Hall–Kier alpha value is -0.200. The van der Waals surface area contributed by atoms with E-state index in [-0.39, 0.29) is 0 Å². The number of likely N-dealkylation sites (tertiary alicyclic amines) is 2. The van der Waals surface area contributed by atoms with E-state index >= 15 is 0 Å². The van der Waals surface area contributed by atoms with E-state index in [1.807, 2.05) is 6.20 Å². The Kier molecular flexibility index (Phi) is 4.39. The minimum atomic E-state index is 0.424. The Morgan fingerprint density at radius 2 is 2.11 bits per heavy atom. The highest BCUT2D eigenvalue weighted by molar-refractivity contribution is 7.15. The second-order valence-corrected chi connectivity index (χ2v) is 7.33. The van der Waals surface area contributed by atoms with Crippen molar-refractivity contribution in [3.8, 4) is 0 Å². The van der Waals surface area contributed by atoms with Crippen molar-refractivity contribution < 1.29 is 0 Å². The molecule has 1 aromatic rings. The van der Waals surface area contributed by atoms with Gasteiger partial charge in [-0.1, -0.05) is 11.6 Å². The Balaban J connectivity index is 1.50. The van der Waals surface area contributed by atoms with Gasteiger partial charge >= 0.3 is 0 Å². The number of thiazole rings is 1. The SMILES string of the molecule is NC1CCN(C2CCN(Cc3cnc(Cl)s3)C2)CC1. The molecular weight excluding hydrogens is 280 g/mol. The van der Waals surface area contributed by atoms with Crippen LogP contribution in [-0.4, -0.2) is 53.0 Å². The normalized spacial score (nSPS) is 27.2. The first-order valence-corrected chi connectivity index (χ1v) is 8.22. The molecule has 1 aromatic heterocycles. The van der Waals surface area contributed by atoms with E-state index in [1.165, 1.54) is 37.5 Å². The molecule has 1 unspecified atom stereocenters. The number of hydrogen-bond donors (Lipinski definition) is 1. The molecule has 19 heavy (non-hydrogen) atoms. The van der Waals surface area contributed by atoms with Crippen LogP contribution in [0.2, 0.25) is 4.47 Å². The largest absolute Gasteiger partial charge is 0.328 e. The molecule has 0 amide bonds. The van der Waals surface area contributed by atoms with E-state index in [0.717, 1.165) is 25.4 Å². The number of aromatic nitrogens is 1. The average Bonchev–Trinajstić information content (AvgIpc) is 3.00. The van der Waals surface area contributed by atoms with Gasteiger partial charge in [0.2, 0.25) is 0 Å². The summed E-state index contributed by atoms with van der Waals surface area (Å²) in [5.74, 6) is 0. The number of halogens is 1. The van der Waals surface area contributed by atoms with Crippen LogP contribution in [0, 0.1) is 0 Å². The summed E-state index contributed by atoms with van der Waals surface area (Å²) in [5.41, 5.74) is 5.97. The minimum absolute atomic E-state index is 0.424. The first-order valence-electron chi connectivity index (χ1n) is 7.03. The van der Waals surface area contributed by atoms with E-state index in [0.29, 0.717) is 10.5 Å².